The third-order valence-corrected chi connectivity index (χ3v) is 13.4. The summed E-state index contributed by atoms with van der Waals surface area (Å²) in [6, 6.07) is 44.1. The van der Waals surface area contributed by atoms with Crippen LogP contribution in [0.25, 0.3) is 38.7 Å². The number of aromatic nitrogens is 8. The Labute approximate surface area is 453 Å². The fourth-order valence-electron chi connectivity index (χ4n) is 7.68. The maximum atomic E-state index is 13.7. The van der Waals surface area contributed by atoms with E-state index in [9.17, 15) is 9.59 Å². The molecule has 3 aromatic heterocycles. The highest BCUT2D eigenvalue weighted by atomic mass is 79.9. The number of nitrogens with one attached hydrogen (secondary N) is 3. The Morgan fingerprint density at radius 3 is 1.44 bits per heavy atom. The van der Waals surface area contributed by atoms with E-state index in [-0.39, 0.29) is 55.7 Å². The smallest absolute Gasteiger partial charge is 0.272 e. The van der Waals surface area contributed by atoms with Crippen LogP contribution in [0, 0.1) is 6.57 Å². The van der Waals surface area contributed by atoms with Gasteiger partial charge in [-0.05, 0) is 97.8 Å². The number of benzene rings is 6. The molecule has 364 valence electrons. The second-order valence-electron chi connectivity index (χ2n) is 15.9. The Hall–Kier alpha value is -6.64. The van der Waals surface area contributed by atoms with Crippen LogP contribution >= 0.6 is 78.3 Å². The fraction of sp³-hybridized carbons (Fsp3) is 0.132. The van der Waals surface area contributed by atoms with Crippen molar-refractivity contribution in [1.29, 1.82) is 0 Å². The van der Waals surface area contributed by atoms with Crippen LogP contribution in [0.1, 0.15) is 82.4 Å². The van der Waals surface area contributed by atoms with Gasteiger partial charge in [0.25, 0.3) is 11.8 Å². The molecule has 19 heteroatoms. The summed E-state index contributed by atoms with van der Waals surface area (Å²) in [5.74, 6) is -0.283. The fourth-order valence-corrected chi connectivity index (χ4v) is 8.89. The molecule has 0 radical (unpaired) electrons. The molecular weight excluding hydrogens is 1120 g/mol. The number of aromatic amines is 1. The van der Waals surface area contributed by atoms with Crippen LogP contribution in [-0.4, -0.2) is 52.0 Å². The highest BCUT2D eigenvalue weighted by Crippen LogP contribution is 2.36. The molecule has 3 N–H and O–H groups in total. The lowest BCUT2D eigenvalue weighted by atomic mass is 10.0. The van der Waals surface area contributed by atoms with E-state index in [0.717, 1.165) is 31.2 Å². The first-order valence-corrected chi connectivity index (χ1v) is 24.8. The summed E-state index contributed by atoms with van der Waals surface area (Å²) in [4.78, 5) is 30.7. The summed E-state index contributed by atoms with van der Waals surface area (Å²) in [6.07, 6.45) is 0.217. The standard InChI is InChI=1S/C26H20BrCl2N7O.C26H19BrCl2N4O.CH4/c1-15(16-6-10-18(27)11-7-16)30-26(37)24-20(14-23-31-34-35-32-23)25(17-8-12-19(28)13-9-17)36(33-24)22-5-3-2-4-21(22)29;1-16(17-7-11-19(27)12-8-17)31-26(34)24-21(15-30-2)25(18-9-13-20(28)14-10-18)33(32-24)23-6-4-3-5-22(23)29;/h2-13,15H,14H2,1H3,(H,30,37)(H,31,32,34,35);3-14,16H,15H2,1H3,(H,31,34);1H4. The van der Waals surface area contributed by atoms with Crippen molar-refractivity contribution in [2.45, 2.75) is 46.3 Å². The lowest BCUT2D eigenvalue weighted by molar-refractivity contribution is 0.0925. The molecule has 6 aromatic carbocycles. The van der Waals surface area contributed by atoms with E-state index in [2.05, 4.69) is 73.1 Å². The second kappa shape index (κ2) is 24.2. The van der Waals surface area contributed by atoms with Crippen molar-refractivity contribution in [1.82, 2.24) is 50.8 Å². The highest BCUT2D eigenvalue weighted by molar-refractivity contribution is 9.10. The molecule has 0 aliphatic carbocycles. The predicted molar refractivity (Wildman–Crippen MR) is 292 cm³/mol. The highest BCUT2D eigenvalue weighted by Gasteiger charge is 2.30. The number of carbonyl (C=O) groups excluding carboxylic acids is 2. The molecule has 0 bridgehead atoms. The summed E-state index contributed by atoms with van der Waals surface area (Å²) >= 11 is 32.2. The van der Waals surface area contributed by atoms with Crippen LogP contribution < -0.4 is 10.6 Å². The SMILES string of the molecule is C.CC(NC(=O)c1nn(-c2ccccc2Cl)c(-c2ccc(Cl)cc2)c1Cc1nn[nH]n1)c1ccc(Br)cc1.[C-]#[N+]Cc1c(C(=O)NC(C)c2ccc(Br)cc2)nn(-c2ccccc2Cl)c1-c1ccc(Cl)cc1. The minimum Gasteiger partial charge on any atom is -0.344 e. The van der Waals surface area contributed by atoms with E-state index in [1.165, 1.54) is 0 Å². The Morgan fingerprint density at radius 1 is 0.625 bits per heavy atom. The quantitative estimate of drug-likeness (QED) is 0.0972. The predicted octanol–water partition coefficient (Wildman–Crippen LogP) is 14.4. The minimum absolute atomic E-state index is 0. The van der Waals surface area contributed by atoms with Crippen LogP contribution in [0.2, 0.25) is 20.1 Å². The van der Waals surface area contributed by atoms with Gasteiger partial charge in [-0.3, -0.25) is 9.59 Å². The van der Waals surface area contributed by atoms with Crippen molar-refractivity contribution in [3.63, 3.8) is 0 Å². The van der Waals surface area contributed by atoms with Gasteiger partial charge in [-0.25, -0.2) is 15.9 Å². The van der Waals surface area contributed by atoms with Gasteiger partial charge in [-0.2, -0.15) is 15.4 Å². The first-order chi connectivity index (χ1) is 34.3. The van der Waals surface area contributed by atoms with Crippen LogP contribution in [0.4, 0.5) is 0 Å². The Bertz CT molecular complexity index is 3360. The molecule has 0 aliphatic heterocycles. The van der Waals surface area contributed by atoms with E-state index in [4.69, 9.17) is 58.1 Å². The van der Waals surface area contributed by atoms with Crippen molar-refractivity contribution in [3.05, 3.63) is 226 Å². The topological polar surface area (TPSA) is 153 Å². The first kappa shape index (κ1) is 53.2. The zero-order valence-corrected chi connectivity index (χ0v) is 43.8. The van der Waals surface area contributed by atoms with E-state index >= 15 is 0 Å². The van der Waals surface area contributed by atoms with Gasteiger partial charge in [0.2, 0.25) is 6.54 Å². The van der Waals surface area contributed by atoms with E-state index in [0.29, 0.717) is 59.8 Å². The number of hydrogen-bond acceptors (Lipinski definition) is 7. The van der Waals surface area contributed by atoms with Crippen molar-refractivity contribution >= 4 is 90.1 Å². The molecule has 0 saturated carbocycles. The Morgan fingerprint density at radius 2 is 1.04 bits per heavy atom. The molecular formula is C53H43Br2Cl4N11O2. The number of halogens is 6. The third kappa shape index (κ3) is 12.3. The Kier molecular flexibility index (Phi) is 17.9. The summed E-state index contributed by atoms with van der Waals surface area (Å²) < 4.78 is 5.23. The van der Waals surface area contributed by atoms with E-state index in [1.807, 2.05) is 123 Å². The van der Waals surface area contributed by atoms with Crippen LogP contribution in [0.15, 0.2) is 155 Å². The van der Waals surface area contributed by atoms with Gasteiger partial charge >= 0.3 is 0 Å². The molecule has 0 spiro atoms. The minimum atomic E-state index is -0.366. The summed E-state index contributed by atoms with van der Waals surface area (Å²) in [7, 11) is 0. The number of para-hydroxylation sites is 2. The zero-order valence-electron chi connectivity index (χ0n) is 37.6. The number of nitrogens with zero attached hydrogens (tertiary/aromatic N) is 8. The number of carbonyl (C=O) groups is 2. The number of amides is 2. The summed E-state index contributed by atoms with van der Waals surface area (Å²) in [5, 5.41) is 32.0. The van der Waals surface area contributed by atoms with Gasteiger partial charge in [-0.1, -0.05) is 164 Å². The van der Waals surface area contributed by atoms with Crippen LogP contribution in [-0.2, 0) is 13.0 Å². The second-order valence-corrected chi connectivity index (χ2v) is 19.4. The maximum Gasteiger partial charge on any atom is 0.272 e. The molecule has 0 saturated heterocycles. The number of tetrazole rings is 1. The van der Waals surface area contributed by atoms with Crippen molar-refractivity contribution < 1.29 is 9.59 Å². The normalized spacial score (nSPS) is 11.6. The third-order valence-electron chi connectivity index (χ3n) is 11.2. The van der Waals surface area contributed by atoms with Gasteiger partial charge in [0, 0.05) is 42.1 Å². The van der Waals surface area contributed by atoms with Crippen molar-refractivity contribution in [2.24, 2.45) is 0 Å². The molecule has 2 amide bonds. The molecule has 3 heterocycles. The number of H-pyrrole nitrogens is 1. The lowest BCUT2D eigenvalue weighted by Crippen LogP contribution is -2.28. The Balaban J connectivity index is 0.000000209. The largest absolute Gasteiger partial charge is 0.344 e. The average Bonchev–Trinajstić information content (AvgIpc) is 4.12. The van der Waals surface area contributed by atoms with Gasteiger partial charge in [0.05, 0.1) is 50.5 Å². The van der Waals surface area contributed by atoms with Gasteiger partial charge in [0.1, 0.15) is 0 Å². The van der Waals surface area contributed by atoms with Crippen molar-refractivity contribution in [2.75, 3.05) is 0 Å². The van der Waals surface area contributed by atoms with E-state index < -0.39 is 0 Å². The molecule has 2 atom stereocenters. The molecule has 9 aromatic rings. The zero-order chi connectivity index (χ0) is 50.2. The molecule has 13 nitrogen and oxygen atoms in total. The van der Waals surface area contributed by atoms with E-state index in [1.54, 1.807) is 45.8 Å². The summed E-state index contributed by atoms with van der Waals surface area (Å²) in [5.41, 5.74) is 7.60. The van der Waals surface area contributed by atoms with Crippen LogP contribution in [0.3, 0.4) is 0 Å². The van der Waals surface area contributed by atoms with Gasteiger partial charge in [-0.15, -0.1) is 10.2 Å². The lowest BCUT2D eigenvalue weighted by Gasteiger charge is -2.14. The molecule has 72 heavy (non-hydrogen) atoms. The van der Waals surface area contributed by atoms with Gasteiger partial charge < -0.3 is 15.5 Å². The number of hydrogen-bond donors (Lipinski definition) is 3. The van der Waals surface area contributed by atoms with Crippen LogP contribution in [0.5, 0.6) is 0 Å². The first-order valence-electron chi connectivity index (χ1n) is 21.7. The average molecular weight is 1170 g/mol. The number of rotatable bonds is 13. The van der Waals surface area contributed by atoms with Crippen molar-refractivity contribution in [3.8, 4) is 33.9 Å². The summed E-state index contributed by atoms with van der Waals surface area (Å²) in [6.45, 7) is 11.3. The maximum absolute atomic E-state index is 13.7. The monoisotopic (exact) mass is 1160 g/mol. The van der Waals surface area contributed by atoms with Gasteiger partial charge in [0.15, 0.2) is 17.2 Å². The molecule has 9 rings (SSSR count). The molecule has 0 aliphatic rings. The molecule has 2 unspecified atom stereocenters. The molecule has 0 fully saturated rings.